The monoisotopic (exact) mass is 340 g/mol. The molecule has 0 nitrogen and oxygen atoms in total. The Morgan fingerprint density at radius 2 is 1.36 bits per heavy atom. The molecule has 0 radical (unpaired) electrons. The summed E-state index contributed by atoms with van der Waals surface area (Å²) in [6.07, 6.45) is 4.45. The number of hydrogen-bond donors (Lipinski definition) is 0. The van der Waals surface area contributed by atoms with Crippen molar-refractivity contribution in [2.45, 2.75) is 5.25 Å². The molecule has 3 rings (SSSR count). The molecule has 0 aliphatic heterocycles. The Hall–Kier alpha value is -2.69. The summed E-state index contributed by atoms with van der Waals surface area (Å²) in [6, 6.07) is 31.2. The maximum atomic E-state index is 3.28. The molecule has 0 N–H and O–H groups in total. The van der Waals surface area contributed by atoms with Crippen molar-refractivity contribution in [3.8, 4) is 11.8 Å². The Balaban J connectivity index is 1.69. The lowest BCUT2D eigenvalue weighted by molar-refractivity contribution is 1.24. The fraction of sp³-hybridized carbons (Fsp3) is 0.0833. The summed E-state index contributed by atoms with van der Waals surface area (Å²) in [5, 5.41) is 0.298. The summed E-state index contributed by atoms with van der Waals surface area (Å²) < 4.78 is 0. The lowest BCUT2D eigenvalue weighted by atomic mass is 10.1. The molecule has 0 spiro atoms. The lowest BCUT2D eigenvalue weighted by Gasteiger charge is -2.11. The fourth-order valence-electron chi connectivity index (χ4n) is 2.46. The van der Waals surface area contributed by atoms with Crippen LogP contribution in [0.4, 0.5) is 0 Å². The predicted molar refractivity (Wildman–Crippen MR) is 110 cm³/mol. The van der Waals surface area contributed by atoms with E-state index in [1.165, 1.54) is 11.1 Å². The minimum atomic E-state index is 0.298. The van der Waals surface area contributed by atoms with Crippen molar-refractivity contribution >= 4 is 17.8 Å². The molecule has 122 valence electrons. The first kappa shape index (κ1) is 17.1. The van der Waals surface area contributed by atoms with Crippen molar-refractivity contribution < 1.29 is 0 Å². The molecule has 25 heavy (non-hydrogen) atoms. The van der Waals surface area contributed by atoms with E-state index in [4.69, 9.17) is 0 Å². The van der Waals surface area contributed by atoms with Crippen molar-refractivity contribution in [2.24, 2.45) is 0 Å². The van der Waals surface area contributed by atoms with E-state index in [0.29, 0.717) is 5.25 Å². The van der Waals surface area contributed by atoms with Gasteiger partial charge in [0.2, 0.25) is 0 Å². The minimum Gasteiger partial charge on any atom is -0.136 e. The SMILES string of the molecule is C(#Cc1ccccc1)CSC(/C=C/c1ccccc1)c1ccccc1. The molecular weight excluding hydrogens is 320 g/mol. The second-order valence-electron chi connectivity index (χ2n) is 5.58. The molecule has 0 aliphatic rings. The van der Waals surface area contributed by atoms with Crippen LogP contribution in [-0.4, -0.2) is 5.75 Å². The zero-order valence-electron chi connectivity index (χ0n) is 14.0. The van der Waals surface area contributed by atoms with E-state index in [2.05, 4.69) is 78.6 Å². The van der Waals surface area contributed by atoms with Crippen LogP contribution in [0.15, 0.2) is 97.1 Å². The molecule has 3 aromatic carbocycles. The Bertz CT molecular complexity index is 840. The molecule has 1 unspecified atom stereocenters. The van der Waals surface area contributed by atoms with Gasteiger partial charge in [-0.1, -0.05) is 103 Å². The standard InChI is InChI=1S/C24H20S/c1-4-11-21(12-5-1)15-10-20-25-24(23-16-8-3-9-17-23)19-18-22-13-6-2-7-14-22/h1-9,11-14,16-19,24H,20H2/b19-18+. The smallest absolute Gasteiger partial charge is 0.0560 e. The minimum absolute atomic E-state index is 0.298. The number of hydrogen-bond acceptors (Lipinski definition) is 1. The lowest BCUT2D eigenvalue weighted by Crippen LogP contribution is -1.91. The molecule has 0 heterocycles. The van der Waals surface area contributed by atoms with Gasteiger partial charge >= 0.3 is 0 Å². The van der Waals surface area contributed by atoms with Gasteiger partial charge in [0.15, 0.2) is 0 Å². The molecule has 0 saturated carbocycles. The van der Waals surface area contributed by atoms with E-state index >= 15 is 0 Å². The quantitative estimate of drug-likeness (QED) is 0.496. The highest BCUT2D eigenvalue weighted by molar-refractivity contribution is 7.99. The molecule has 3 aromatic rings. The van der Waals surface area contributed by atoms with Gasteiger partial charge in [-0.15, -0.1) is 11.8 Å². The van der Waals surface area contributed by atoms with Crippen molar-refractivity contribution in [2.75, 3.05) is 5.75 Å². The summed E-state index contributed by atoms with van der Waals surface area (Å²) in [5.41, 5.74) is 3.60. The first-order chi connectivity index (χ1) is 12.4. The number of thioether (sulfide) groups is 1. The normalized spacial score (nSPS) is 11.7. The molecule has 0 fully saturated rings. The second kappa shape index (κ2) is 9.57. The van der Waals surface area contributed by atoms with Crippen LogP contribution in [0, 0.1) is 11.8 Å². The van der Waals surface area contributed by atoms with E-state index in [1.54, 1.807) is 0 Å². The van der Waals surface area contributed by atoms with Crippen molar-refractivity contribution in [1.82, 2.24) is 0 Å². The first-order valence-electron chi connectivity index (χ1n) is 8.35. The molecule has 0 bridgehead atoms. The molecule has 1 heteroatoms. The average Bonchev–Trinajstić information content (AvgIpc) is 2.70. The van der Waals surface area contributed by atoms with Gasteiger partial charge in [-0.05, 0) is 23.3 Å². The zero-order valence-corrected chi connectivity index (χ0v) is 14.8. The summed E-state index contributed by atoms with van der Waals surface area (Å²) in [5.74, 6) is 7.31. The van der Waals surface area contributed by atoms with Crippen LogP contribution in [0.1, 0.15) is 21.9 Å². The molecular formula is C24H20S. The van der Waals surface area contributed by atoms with E-state index < -0.39 is 0 Å². The Morgan fingerprint density at radius 1 is 0.760 bits per heavy atom. The van der Waals surface area contributed by atoms with E-state index in [9.17, 15) is 0 Å². The van der Waals surface area contributed by atoms with Gasteiger partial charge in [0.05, 0.1) is 5.75 Å². The van der Waals surface area contributed by atoms with Gasteiger partial charge in [0.1, 0.15) is 0 Å². The molecule has 0 amide bonds. The molecule has 1 atom stereocenters. The van der Waals surface area contributed by atoms with E-state index in [0.717, 1.165) is 11.3 Å². The van der Waals surface area contributed by atoms with E-state index in [-0.39, 0.29) is 0 Å². The van der Waals surface area contributed by atoms with Crippen LogP contribution in [-0.2, 0) is 0 Å². The summed E-state index contributed by atoms with van der Waals surface area (Å²) in [7, 11) is 0. The van der Waals surface area contributed by atoms with Crippen molar-refractivity contribution in [3.05, 3.63) is 114 Å². The molecule has 0 aliphatic carbocycles. The highest BCUT2D eigenvalue weighted by Crippen LogP contribution is 2.30. The Kier molecular flexibility index (Phi) is 6.56. The second-order valence-corrected chi connectivity index (χ2v) is 6.71. The molecule has 0 saturated heterocycles. The van der Waals surface area contributed by atoms with Crippen LogP contribution in [0.5, 0.6) is 0 Å². The maximum absolute atomic E-state index is 3.28. The Labute approximate surface area is 154 Å². The average molecular weight is 340 g/mol. The van der Waals surface area contributed by atoms with Crippen molar-refractivity contribution in [1.29, 1.82) is 0 Å². The fourth-order valence-corrected chi connectivity index (χ4v) is 3.33. The van der Waals surface area contributed by atoms with E-state index in [1.807, 2.05) is 48.2 Å². The highest BCUT2D eigenvalue weighted by Gasteiger charge is 2.07. The van der Waals surface area contributed by atoms with Crippen LogP contribution >= 0.6 is 11.8 Å². The third-order valence-electron chi connectivity index (χ3n) is 3.73. The van der Waals surface area contributed by atoms with Crippen LogP contribution in [0.2, 0.25) is 0 Å². The summed E-state index contributed by atoms with van der Waals surface area (Å²) in [4.78, 5) is 0. The summed E-state index contributed by atoms with van der Waals surface area (Å²) in [6.45, 7) is 0. The third kappa shape index (κ3) is 5.71. The number of rotatable bonds is 5. The van der Waals surface area contributed by atoms with Gasteiger partial charge in [-0.3, -0.25) is 0 Å². The Morgan fingerprint density at radius 3 is 2.04 bits per heavy atom. The van der Waals surface area contributed by atoms with Gasteiger partial charge in [-0.2, -0.15) is 0 Å². The predicted octanol–water partition coefficient (Wildman–Crippen LogP) is 6.23. The van der Waals surface area contributed by atoms with Gasteiger partial charge in [0, 0.05) is 10.8 Å². The zero-order chi connectivity index (χ0) is 17.2. The first-order valence-corrected chi connectivity index (χ1v) is 9.40. The van der Waals surface area contributed by atoms with Gasteiger partial charge < -0.3 is 0 Å². The number of benzene rings is 3. The largest absolute Gasteiger partial charge is 0.136 e. The van der Waals surface area contributed by atoms with Crippen molar-refractivity contribution in [3.63, 3.8) is 0 Å². The van der Waals surface area contributed by atoms with Crippen LogP contribution in [0.3, 0.4) is 0 Å². The molecule has 0 aromatic heterocycles. The third-order valence-corrected chi connectivity index (χ3v) is 4.83. The maximum Gasteiger partial charge on any atom is 0.0560 e. The van der Waals surface area contributed by atoms with Gasteiger partial charge in [0.25, 0.3) is 0 Å². The van der Waals surface area contributed by atoms with Gasteiger partial charge in [-0.25, -0.2) is 0 Å². The topological polar surface area (TPSA) is 0 Å². The van der Waals surface area contributed by atoms with Crippen LogP contribution < -0.4 is 0 Å². The summed E-state index contributed by atoms with van der Waals surface area (Å²) >= 11 is 1.85. The highest BCUT2D eigenvalue weighted by atomic mass is 32.2. The van der Waals surface area contributed by atoms with Crippen LogP contribution in [0.25, 0.3) is 6.08 Å².